The highest BCUT2D eigenvalue weighted by Crippen LogP contribution is 2.10. The van der Waals surface area contributed by atoms with Crippen LogP contribution in [0.1, 0.15) is 84.0 Å². The standard InChI is InChI=1S/C17H36N2O2/c1-3-4-5-6-7-8-9-10-11-14-17(20)18-15-12-13-16-19(2)21/h21H,3-16H2,1-2H3,(H,18,20). The van der Waals surface area contributed by atoms with E-state index in [0.717, 1.165) is 25.8 Å². The van der Waals surface area contributed by atoms with Gasteiger partial charge >= 0.3 is 0 Å². The van der Waals surface area contributed by atoms with E-state index in [0.29, 0.717) is 13.0 Å². The maximum absolute atomic E-state index is 11.6. The van der Waals surface area contributed by atoms with Gasteiger partial charge < -0.3 is 10.5 Å². The highest BCUT2D eigenvalue weighted by molar-refractivity contribution is 5.75. The zero-order chi connectivity index (χ0) is 15.8. The normalized spacial score (nSPS) is 11.0. The van der Waals surface area contributed by atoms with E-state index in [1.54, 1.807) is 7.05 Å². The average Bonchev–Trinajstić information content (AvgIpc) is 2.45. The van der Waals surface area contributed by atoms with Gasteiger partial charge in [0.05, 0.1) is 0 Å². The van der Waals surface area contributed by atoms with Crippen LogP contribution in [0, 0.1) is 0 Å². The molecule has 0 saturated heterocycles. The van der Waals surface area contributed by atoms with Gasteiger partial charge in [0.15, 0.2) is 0 Å². The number of unbranched alkanes of at least 4 members (excludes halogenated alkanes) is 9. The lowest BCUT2D eigenvalue weighted by atomic mass is 10.1. The van der Waals surface area contributed by atoms with E-state index < -0.39 is 0 Å². The molecule has 21 heavy (non-hydrogen) atoms. The van der Waals surface area contributed by atoms with Crippen molar-refractivity contribution < 1.29 is 10.0 Å². The number of hydrogen-bond donors (Lipinski definition) is 2. The minimum absolute atomic E-state index is 0.176. The second kappa shape index (κ2) is 15.8. The molecule has 0 unspecified atom stereocenters. The highest BCUT2D eigenvalue weighted by atomic mass is 16.5. The lowest BCUT2D eigenvalue weighted by Crippen LogP contribution is -2.25. The molecule has 0 aromatic heterocycles. The molecule has 0 saturated carbocycles. The van der Waals surface area contributed by atoms with Gasteiger partial charge in [-0.2, -0.15) is 5.06 Å². The number of nitrogens with zero attached hydrogens (tertiary/aromatic N) is 1. The molecule has 0 aliphatic heterocycles. The Bertz CT molecular complexity index is 233. The van der Waals surface area contributed by atoms with Crippen molar-refractivity contribution in [2.75, 3.05) is 20.1 Å². The summed E-state index contributed by atoms with van der Waals surface area (Å²) >= 11 is 0. The third-order valence-corrected chi connectivity index (χ3v) is 3.74. The SMILES string of the molecule is CCCCCCCCCCCC(=O)NCCCCN(C)O. The zero-order valence-corrected chi connectivity index (χ0v) is 14.2. The smallest absolute Gasteiger partial charge is 0.219 e. The van der Waals surface area contributed by atoms with Gasteiger partial charge in [-0.15, -0.1) is 0 Å². The Labute approximate surface area is 131 Å². The van der Waals surface area contributed by atoms with Crippen LogP contribution in [0.5, 0.6) is 0 Å². The lowest BCUT2D eigenvalue weighted by molar-refractivity contribution is -0.121. The maximum atomic E-state index is 11.6. The van der Waals surface area contributed by atoms with Crippen molar-refractivity contribution in [3.8, 4) is 0 Å². The van der Waals surface area contributed by atoms with Gasteiger partial charge in [0.25, 0.3) is 0 Å². The lowest BCUT2D eigenvalue weighted by Gasteiger charge is -2.08. The number of hydrogen-bond acceptors (Lipinski definition) is 3. The van der Waals surface area contributed by atoms with Crippen LogP contribution < -0.4 is 5.32 Å². The summed E-state index contributed by atoms with van der Waals surface area (Å²) in [4.78, 5) is 11.6. The molecule has 0 rings (SSSR count). The minimum atomic E-state index is 0.176. The Balaban J connectivity index is 3.16. The monoisotopic (exact) mass is 300 g/mol. The van der Waals surface area contributed by atoms with Crippen LogP contribution in [-0.2, 0) is 4.79 Å². The summed E-state index contributed by atoms with van der Waals surface area (Å²) in [5, 5.41) is 13.1. The fourth-order valence-corrected chi connectivity index (χ4v) is 2.38. The van der Waals surface area contributed by atoms with Crippen LogP contribution in [0.2, 0.25) is 0 Å². The van der Waals surface area contributed by atoms with Crippen molar-refractivity contribution in [2.45, 2.75) is 84.0 Å². The molecule has 0 aromatic rings. The van der Waals surface area contributed by atoms with Crippen molar-refractivity contribution in [1.82, 2.24) is 10.4 Å². The van der Waals surface area contributed by atoms with Gasteiger partial charge in [-0.25, -0.2) is 0 Å². The summed E-state index contributed by atoms with van der Waals surface area (Å²) in [6, 6.07) is 0. The number of amides is 1. The van der Waals surface area contributed by atoms with Gasteiger partial charge in [-0.1, -0.05) is 58.3 Å². The van der Waals surface area contributed by atoms with Gasteiger partial charge in [0.1, 0.15) is 0 Å². The number of carbonyl (C=O) groups excluding carboxylic acids is 1. The Morgan fingerprint density at radius 3 is 2.05 bits per heavy atom. The molecule has 1 amide bonds. The molecule has 4 heteroatoms. The van der Waals surface area contributed by atoms with Crippen LogP contribution in [0.15, 0.2) is 0 Å². The molecule has 2 N–H and O–H groups in total. The molecule has 4 nitrogen and oxygen atoms in total. The molecule has 0 heterocycles. The Morgan fingerprint density at radius 1 is 0.905 bits per heavy atom. The number of hydroxylamine groups is 2. The molecular formula is C17H36N2O2. The van der Waals surface area contributed by atoms with Gasteiger partial charge in [0.2, 0.25) is 5.91 Å². The summed E-state index contributed by atoms with van der Waals surface area (Å²) in [5.74, 6) is 0.176. The molecule has 126 valence electrons. The summed E-state index contributed by atoms with van der Waals surface area (Å²) in [6.45, 7) is 3.63. The summed E-state index contributed by atoms with van der Waals surface area (Å²) < 4.78 is 0. The van der Waals surface area contributed by atoms with Crippen LogP contribution in [0.4, 0.5) is 0 Å². The molecule has 0 radical (unpaired) electrons. The van der Waals surface area contributed by atoms with Crippen LogP contribution >= 0.6 is 0 Å². The fourth-order valence-electron chi connectivity index (χ4n) is 2.38. The van der Waals surface area contributed by atoms with Gasteiger partial charge in [-0.05, 0) is 19.3 Å². The third kappa shape index (κ3) is 17.3. The molecule has 0 bridgehead atoms. The first kappa shape index (κ1) is 20.4. The zero-order valence-electron chi connectivity index (χ0n) is 14.2. The Kier molecular flexibility index (Phi) is 15.3. The van der Waals surface area contributed by atoms with Crippen LogP contribution in [-0.4, -0.2) is 36.3 Å². The number of carbonyl (C=O) groups is 1. The fraction of sp³-hybridized carbons (Fsp3) is 0.941. The largest absolute Gasteiger partial charge is 0.356 e. The highest BCUT2D eigenvalue weighted by Gasteiger charge is 2.00. The molecule has 0 aromatic carbocycles. The van der Waals surface area contributed by atoms with E-state index in [9.17, 15) is 4.79 Å². The van der Waals surface area contributed by atoms with Crippen molar-refractivity contribution in [2.24, 2.45) is 0 Å². The first-order valence-corrected chi connectivity index (χ1v) is 8.83. The minimum Gasteiger partial charge on any atom is -0.356 e. The summed E-state index contributed by atoms with van der Waals surface area (Å²) in [7, 11) is 1.64. The maximum Gasteiger partial charge on any atom is 0.219 e. The predicted molar refractivity (Wildman–Crippen MR) is 88.5 cm³/mol. The molecule has 0 atom stereocenters. The number of rotatable bonds is 15. The van der Waals surface area contributed by atoms with Crippen molar-refractivity contribution in [3.05, 3.63) is 0 Å². The van der Waals surface area contributed by atoms with Crippen molar-refractivity contribution >= 4 is 5.91 Å². The molecular weight excluding hydrogens is 264 g/mol. The van der Waals surface area contributed by atoms with E-state index in [-0.39, 0.29) is 5.91 Å². The Morgan fingerprint density at radius 2 is 1.48 bits per heavy atom. The average molecular weight is 300 g/mol. The molecule has 0 aliphatic rings. The van der Waals surface area contributed by atoms with E-state index in [4.69, 9.17) is 5.21 Å². The van der Waals surface area contributed by atoms with E-state index in [1.807, 2.05) is 0 Å². The quantitative estimate of drug-likeness (QED) is 0.353. The number of nitrogens with one attached hydrogen (secondary N) is 1. The summed E-state index contributed by atoms with van der Waals surface area (Å²) in [5.41, 5.74) is 0. The van der Waals surface area contributed by atoms with Gasteiger partial charge in [0, 0.05) is 26.6 Å². The third-order valence-electron chi connectivity index (χ3n) is 3.74. The molecule has 0 spiro atoms. The molecule has 0 fully saturated rings. The van der Waals surface area contributed by atoms with Crippen molar-refractivity contribution in [1.29, 1.82) is 0 Å². The topological polar surface area (TPSA) is 52.6 Å². The first-order chi connectivity index (χ1) is 10.2. The predicted octanol–water partition coefficient (Wildman–Crippen LogP) is 4.12. The van der Waals surface area contributed by atoms with E-state index >= 15 is 0 Å². The second-order valence-electron chi connectivity index (χ2n) is 6.02. The summed E-state index contributed by atoms with van der Waals surface area (Å²) in [6.07, 6.45) is 14.1. The molecule has 0 aliphatic carbocycles. The van der Waals surface area contributed by atoms with E-state index in [2.05, 4.69) is 12.2 Å². The van der Waals surface area contributed by atoms with Crippen LogP contribution in [0.25, 0.3) is 0 Å². The van der Waals surface area contributed by atoms with Crippen molar-refractivity contribution in [3.63, 3.8) is 0 Å². The Hall–Kier alpha value is -0.610. The van der Waals surface area contributed by atoms with Gasteiger partial charge in [-0.3, -0.25) is 4.79 Å². The van der Waals surface area contributed by atoms with Crippen LogP contribution in [0.3, 0.4) is 0 Å². The second-order valence-corrected chi connectivity index (χ2v) is 6.02. The first-order valence-electron chi connectivity index (χ1n) is 8.83. The van der Waals surface area contributed by atoms with E-state index in [1.165, 1.54) is 56.4 Å².